The maximum absolute atomic E-state index is 13.7. The molecule has 3 amide bonds. The Morgan fingerprint density at radius 2 is 1.65 bits per heavy atom. The van der Waals surface area contributed by atoms with Gasteiger partial charge < -0.3 is 30.1 Å². The van der Waals surface area contributed by atoms with Crippen molar-refractivity contribution in [3.8, 4) is 18.1 Å². The predicted molar refractivity (Wildman–Crippen MR) is 141 cm³/mol. The van der Waals surface area contributed by atoms with Gasteiger partial charge in [0.25, 0.3) is 5.91 Å². The van der Waals surface area contributed by atoms with Crippen LogP contribution in [0.25, 0.3) is 0 Å². The van der Waals surface area contributed by atoms with Crippen LogP contribution >= 0.6 is 0 Å². The first-order valence-corrected chi connectivity index (χ1v) is 11.8. The first-order chi connectivity index (χ1) is 17.4. The Hall–Kier alpha value is -4.03. The maximum atomic E-state index is 13.7. The van der Waals surface area contributed by atoms with E-state index >= 15 is 0 Å². The Balaban J connectivity index is 2.46. The largest absolute Gasteiger partial charge is 0.497 e. The molecule has 2 atom stereocenters. The third kappa shape index (κ3) is 8.26. The van der Waals surface area contributed by atoms with Crippen LogP contribution in [-0.2, 0) is 14.3 Å². The minimum absolute atomic E-state index is 0.485. The van der Waals surface area contributed by atoms with Gasteiger partial charge in [0.1, 0.15) is 23.4 Å². The van der Waals surface area contributed by atoms with Crippen LogP contribution in [0.3, 0.4) is 0 Å². The number of nitrogens with one attached hydrogen (secondary N) is 2. The van der Waals surface area contributed by atoms with Gasteiger partial charge in [-0.3, -0.25) is 9.59 Å². The Morgan fingerprint density at radius 1 is 1.05 bits per heavy atom. The Morgan fingerprint density at radius 3 is 2.11 bits per heavy atom. The third-order valence-corrected chi connectivity index (χ3v) is 5.26. The summed E-state index contributed by atoms with van der Waals surface area (Å²) in [6.45, 7) is 7.84. The van der Waals surface area contributed by atoms with Crippen molar-refractivity contribution in [1.82, 2.24) is 10.2 Å². The van der Waals surface area contributed by atoms with E-state index in [0.29, 0.717) is 22.6 Å². The Labute approximate surface area is 218 Å². The topological polar surface area (TPSA) is 117 Å². The third-order valence-electron chi connectivity index (χ3n) is 5.26. The smallest absolute Gasteiger partial charge is 0.408 e. The molecule has 3 N–H and O–H groups in total. The van der Waals surface area contributed by atoms with Crippen LogP contribution in [-0.4, -0.2) is 59.3 Å². The van der Waals surface area contributed by atoms with Gasteiger partial charge in [0.05, 0.1) is 13.7 Å². The van der Waals surface area contributed by atoms with E-state index < -0.39 is 48.2 Å². The number of amides is 3. The normalized spacial score (nSPS) is 12.6. The van der Waals surface area contributed by atoms with Crippen molar-refractivity contribution < 1.29 is 29.0 Å². The molecule has 2 aromatic carbocycles. The molecule has 0 spiro atoms. The number of benzene rings is 2. The molecule has 0 fully saturated rings. The Kier molecular flexibility index (Phi) is 10.1. The maximum Gasteiger partial charge on any atom is 0.408 e. The monoisotopic (exact) mass is 509 g/mol. The average Bonchev–Trinajstić information content (AvgIpc) is 2.84. The molecule has 0 aliphatic carbocycles. The molecular formula is C28H35N3O6. The number of rotatable bonds is 9. The highest BCUT2D eigenvalue weighted by atomic mass is 16.6. The summed E-state index contributed by atoms with van der Waals surface area (Å²) in [5, 5.41) is 15.2. The molecule has 9 heteroatoms. The zero-order chi connectivity index (χ0) is 27.8. The fraction of sp³-hybridized carbons (Fsp3) is 0.393. The molecule has 0 saturated heterocycles. The lowest BCUT2D eigenvalue weighted by Crippen LogP contribution is -2.55. The molecule has 0 aromatic heterocycles. The highest BCUT2D eigenvalue weighted by Gasteiger charge is 2.37. The van der Waals surface area contributed by atoms with Crippen molar-refractivity contribution in [3.05, 3.63) is 59.7 Å². The van der Waals surface area contributed by atoms with Crippen LogP contribution < -0.4 is 15.4 Å². The van der Waals surface area contributed by atoms with Crippen molar-refractivity contribution in [1.29, 1.82) is 0 Å². The average molecular weight is 510 g/mol. The molecular weight excluding hydrogens is 474 g/mol. The Bertz CT molecular complexity index is 1110. The summed E-state index contributed by atoms with van der Waals surface area (Å²) in [6, 6.07) is 10.5. The van der Waals surface area contributed by atoms with Gasteiger partial charge in [0.2, 0.25) is 5.91 Å². The number of anilines is 1. The minimum atomic E-state index is -1.33. The summed E-state index contributed by atoms with van der Waals surface area (Å²) in [6.07, 6.45) is 4.62. The molecule has 0 saturated carbocycles. The SMILES string of the molecule is C#Cc1ccc(C(C(=O)Nc2ccc(OC)cc2)N(C(=O)C(CO)NC(=O)OC(C)(C)C)C(C)C)cc1. The van der Waals surface area contributed by atoms with Crippen molar-refractivity contribution >= 4 is 23.6 Å². The lowest BCUT2D eigenvalue weighted by Gasteiger charge is -2.36. The van der Waals surface area contributed by atoms with Gasteiger partial charge in [0, 0.05) is 17.3 Å². The van der Waals surface area contributed by atoms with E-state index in [-0.39, 0.29) is 0 Å². The fourth-order valence-corrected chi connectivity index (χ4v) is 3.58. The fourth-order valence-electron chi connectivity index (χ4n) is 3.58. The number of ether oxygens (including phenoxy) is 2. The van der Waals surface area contributed by atoms with E-state index in [4.69, 9.17) is 15.9 Å². The van der Waals surface area contributed by atoms with E-state index in [1.54, 1.807) is 90.3 Å². The summed E-state index contributed by atoms with van der Waals surface area (Å²) in [5.74, 6) is 2.01. The van der Waals surface area contributed by atoms with Crippen molar-refractivity contribution in [2.24, 2.45) is 0 Å². The molecule has 198 valence electrons. The van der Waals surface area contributed by atoms with E-state index in [9.17, 15) is 19.5 Å². The van der Waals surface area contributed by atoms with E-state index in [1.807, 2.05) is 0 Å². The minimum Gasteiger partial charge on any atom is -0.497 e. The second-order valence-corrected chi connectivity index (χ2v) is 9.61. The number of hydrogen-bond acceptors (Lipinski definition) is 6. The molecule has 2 unspecified atom stereocenters. The molecule has 0 radical (unpaired) electrons. The number of alkyl carbamates (subject to hydrolysis) is 1. The number of aliphatic hydroxyl groups is 1. The molecule has 0 bridgehead atoms. The van der Waals surface area contributed by atoms with Gasteiger partial charge in [-0.25, -0.2) is 4.79 Å². The summed E-state index contributed by atoms with van der Waals surface area (Å²) in [7, 11) is 1.54. The number of hydrogen-bond donors (Lipinski definition) is 3. The van der Waals surface area contributed by atoms with Crippen LogP contribution in [0.1, 0.15) is 51.8 Å². The van der Waals surface area contributed by atoms with Crippen LogP contribution in [0.15, 0.2) is 48.5 Å². The molecule has 9 nitrogen and oxygen atoms in total. The standard InChI is InChI=1S/C28H35N3O6/c1-8-19-9-11-20(12-10-19)24(25(33)29-21-13-15-22(36-7)16-14-21)31(18(2)3)26(34)23(17-32)30-27(35)37-28(4,5)6/h1,9-16,18,23-24,32H,17H2,2-7H3,(H,29,33)(H,30,35). The number of aliphatic hydroxyl groups excluding tert-OH is 1. The van der Waals surface area contributed by atoms with Crippen LogP contribution in [0.5, 0.6) is 5.75 Å². The molecule has 0 aliphatic heterocycles. The van der Waals surface area contributed by atoms with E-state index in [0.717, 1.165) is 0 Å². The zero-order valence-corrected chi connectivity index (χ0v) is 22.1. The molecule has 2 aromatic rings. The van der Waals surface area contributed by atoms with Crippen LogP contribution in [0.4, 0.5) is 10.5 Å². The molecule has 0 aliphatic rings. The second kappa shape index (κ2) is 12.8. The highest BCUT2D eigenvalue weighted by Crippen LogP contribution is 2.27. The molecule has 0 heterocycles. The van der Waals surface area contributed by atoms with Gasteiger partial charge >= 0.3 is 6.09 Å². The molecule has 2 rings (SSSR count). The van der Waals surface area contributed by atoms with E-state index in [2.05, 4.69) is 16.6 Å². The first-order valence-electron chi connectivity index (χ1n) is 11.8. The second-order valence-electron chi connectivity index (χ2n) is 9.61. The quantitative estimate of drug-likeness (QED) is 0.446. The van der Waals surface area contributed by atoms with Crippen molar-refractivity contribution in [3.63, 3.8) is 0 Å². The number of carbonyl (C=O) groups is 3. The zero-order valence-electron chi connectivity index (χ0n) is 22.1. The van der Waals surface area contributed by atoms with Gasteiger partial charge in [-0.05, 0) is 76.6 Å². The summed E-state index contributed by atoms with van der Waals surface area (Å²) in [4.78, 5) is 41.0. The summed E-state index contributed by atoms with van der Waals surface area (Å²) in [5.41, 5.74) is 0.809. The lowest BCUT2D eigenvalue weighted by atomic mass is 9.99. The number of methoxy groups -OCH3 is 1. The van der Waals surface area contributed by atoms with Gasteiger partial charge in [-0.15, -0.1) is 6.42 Å². The predicted octanol–water partition coefficient (Wildman–Crippen LogP) is 3.48. The first kappa shape index (κ1) is 29.2. The molecule has 37 heavy (non-hydrogen) atoms. The number of terminal acetylenes is 1. The van der Waals surface area contributed by atoms with E-state index in [1.165, 1.54) is 4.90 Å². The summed E-state index contributed by atoms with van der Waals surface area (Å²) < 4.78 is 10.4. The summed E-state index contributed by atoms with van der Waals surface area (Å²) >= 11 is 0. The van der Waals surface area contributed by atoms with Gasteiger partial charge in [-0.1, -0.05) is 18.1 Å². The van der Waals surface area contributed by atoms with Gasteiger partial charge in [-0.2, -0.15) is 0 Å². The van der Waals surface area contributed by atoms with Crippen molar-refractivity contribution in [2.45, 2.75) is 58.3 Å². The van der Waals surface area contributed by atoms with Gasteiger partial charge in [0.15, 0.2) is 0 Å². The van der Waals surface area contributed by atoms with Crippen molar-refractivity contribution in [2.75, 3.05) is 19.0 Å². The highest BCUT2D eigenvalue weighted by molar-refractivity contribution is 5.99. The lowest BCUT2D eigenvalue weighted by molar-refractivity contribution is -0.143. The van der Waals surface area contributed by atoms with Crippen LogP contribution in [0, 0.1) is 12.3 Å². The number of carbonyl (C=O) groups excluding carboxylic acids is 3. The van der Waals surface area contributed by atoms with Crippen LogP contribution in [0.2, 0.25) is 0 Å². The number of nitrogens with zero attached hydrogens (tertiary/aromatic N) is 1.